The molecule has 2 unspecified atom stereocenters. The van der Waals surface area contributed by atoms with Gasteiger partial charge in [0.1, 0.15) is 0 Å². The Morgan fingerprint density at radius 2 is 1.85 bits per heavy atom. The van der Waals surface area contributed by atoms with E-state index in [0.717, 1.165) is 19.5 Å². The molecule has 0 aliphatic carbocycles. The van der Waals surface area contributed by atoms with E-state index in [-0.39, 0.29) is 17.0 Å². The molecule has 0 radical (unpaired) electrons. The Morgan fingerprint density at radius 1 is 1.25 bits per heavy atom. The second-order valence-electron chi connectivity index (χ2n) is 7.70. The average molecular weight is 305 g/mol. The summed E-state index contributed by atoms with van der Waals surface area (Å²) < 4.78 is 23.3. The second kappa shape index (κ2) is 6.32. The van der Waals surface area contributed by atoms with Crippen LogP contribution in [0.5, 0.6) is 0 Å². The van der Waals surface area contributed by atoms with E-state index in [1.165, 1.54) is 0 Å². The van der Waals surface area contributed by atoms with E-state index < -0.39 is 9.84 Å². The van der Waals surface area contributed by atoms with Gasteiger partial charge in [0.2, 0.25) is 0 Å². The van der Waals surface area contributed by atoms with Crippen molar-refractivity contribution in [3.8, 4) is 0 Å². The number of nitrogens with zero attached hydrogens (tertiary/aromatic N) is 1. The van der Waals surface area contributed by atoms with Gasteiger partial charge in [-0.15, -0.1) is 0 Å². The van der Waals surface area contributed by atoms with Crippen LogP contribution in [0.4, 0.5) is 0 Å². The molecule has 1 aliphatic rings. The maximum Gasteiger partial charge on any atom is 0.153 e. The minimum Gasteiger partial charge on any atom is -0.311 e. The first-order chi connectivity index (χ1) is 8.96. The topological polar surface area (TPSA) is 49.4 Å². The van der Waals surface area contributed by atoms with Crippen LogP contribution in [0.15, 0.2) is 0 Å². The van der Waals surface area contributed by atoms with Crippen LogP contribution in [0.25, 0.3) is 0 Å². The predicted octanol–water partition coefficient (Wildman–Crippen LogP) is 1.91. The minimum atomic E-state index is -2.82. The van der Waals surface area contributed by atoms with E-state index in [1.807, 2.05) is 6.92 Å². The molecule has 0 bridgehead atoms. The molecule has 1 fully saturated rings. The summed E-state index contributed by atoms with van der Waals surface area (Å²) in [4.78, 5) is 2.34. The fourth-order valence-electron chi connectivity index (χ4n) is 2.53. The van der Waals surface area contributed by atoms with Crippen LogP contribution in [0.1, 0.15) is 48.0 Å². The van der Waals surface area contributed by atoms with Gasteiger partial charge in [0, 0.05) is 31.2 Å². The van der Waals surface area contributed by atoms with Crippen LogP contribution >= 0.6 is 0 Å². The number of nitrogens with one attached hydrogen (secondary N) is 1. The van der Waals surface area contributed by atoms with Gasteiger partial charge in [-0.3, -0.25) is 4.90 Å². The first-order valence-electron chi connectivity index (χ1n) is 7.66. The SMILES string of the molecule is CCC(C)(CNC(C)(C)C)CN1CCS(=O)(=O)CC1C. The Bertz CT molecular complexity index is 414. The van der Waals surface area contributed by atoms with Gasteiger partial charge in [0.15, 0.2) is 9.84 Å². The zero-order chi connectivity index (χ0) is 15.6. The molecule has 5 heteroatoms. The third-order valence-electron chi connectivity index (χ3n) is 4.29. The van der Waals surface area contributed by atoms with Crippen molar-refractivity contribution in [3.63, 3.8) is 0 Å². The third kappa shape index (κ3) is 5.70. The van der Waals surface area contributed by atoms with Gasteiger partial charge in [-0.25, -0.2) is 8.42 Å². The van der Waals surface area contributed by atoms with E-state index in [4.69, 9.17) is 0 Å². The second-order valence-corrected chi connectivity index (χ2v) is 9.93. The molecule has 1 N–H and O–H groups in total. The lowest BCUT2D eigenvalue weighted by molar-refractivity contribution is 0.123. The van der Waals surface area contributed by atoms with Crippen LogP contribution in [0.2, 0.25) is 0 Å². The Kier molecular flexibility index (Phi) is 5.67. The van der Waals surface area contributed by atoms with Gasteiger partial charge in [0.05, 0.1) is 11.5 Å². The summed E-state index contributed by atoms with van der Waals surface area (Å²) in [6.07, 6.45) is 1.09. The summed E-state index contributed by atoms with van der Waals surface area (Å²) in [5.41, 5.74) is 0.302. The van der Waals surface area contributed by atoms with Crippen molar-refractivity contribution in [3.05, 3.63) is 0 Å². The summed E-state index contributed by atoms with van der Waals surface area (Å²) in [5, 5.41) is 3.59. The van der Waals surface area contributed by atoms with Gasteiger partial charge in [-0.1, -0.05) is 13.8 Å². The van der Waals surface area contributed by atoms with E-state index in [9.17, 15) is 8.42 Å². The maximum atomic E-state index is 11.7. The van der Waals surface area contributed by atoms with Crippen molar-refractivity contribution >= 4 is 9.84 Å². The van der Waals surface area contributed by atoms with E-state index in [0.29, 0.717) is 18.1 Å². The molecule has 20 heavy (non-hydrogen) atoms. The molecule has 1 aliphatic heterocycles. The molecule has 1 heterocycles. The van der Waals surface area contributed by atoms with Crippen molar-refractivity contribution in [1.82, 2.24) is 10.2 Å². The smallest absolute Gasteiger partial charge is 0.153 e. The third-order valence-corrected chi connectivity index (χ3v) is 6.09. The number of rotatable bonds is 5. The zero-order valence-electron chi connectivity index (χ0n) is 14.0. The summed E-state index contributed by atoms with van der Waals surface area (Å²) in [5.74, 6) is 0.614. The van der Waals surface area contributed by atoms with Crippen LogP contribution < -0.4 is 5.32 Å². The molecule has 0 aromatic carbocycles. The molecule has 1 rings (SSSR count). The van der Waals surface area contributed by atoms with Crippen LogP contribution in [-0.2, 0) is 9.84 Å². The minimum absolute atomic E-state index is 0.118. The first kappa shape index (κ1) is 17.9. The van der Waals surface area contributed by atoms with Gasteiger partial charge in [-0.05, 0) is 39.5 Å². The maximum absolute atomic E-state index is 11.7. The fourth-order valence-corrected chi connectivity index (χ4v) is 4.15. The van der Waals surface area contributed by atoms with Crippen LogP contribution in [-0.4, -0.2) is 56.0 Å². The molecule has 0 aromatic heterocycles. The quantitative estimate of drug-likeness (QED) is 0.843. The van der Waals surface area contributed by atoms with Crippen molar-refractivity contribution in [2.75, 3.05) is 31.1 Å². The highest BCUT2D eigenvalue weighted by Gasteiger charge is 2.33. The van der Waals surface area contributed by atoms with Gasteiger partial charge in [-0.2, -0.15) is 0 Å². The van der Waals surface area contributed by atoms with Gasteiger partial charge in [0.25, 0.3) is 0 Å². The molecule has 0 amide bonds. The summed E-state index contributed by atoms with van der Waals surface area (Å²) in [7, 11) is -2.82. The summed E-state index contributed by atoms with van der Waals surface area (Å²) >= 11 is 0. The Balaban J connectivity index is 2.63. The Hall–Kier alpha value is -0.130. The van der Waals surface area contributed by atoms with Gasteiger partial charge >= 0.3 is 0 Å². The molecule has 2 atom stereocenters. The normalized spacial score (nSPS) is 27.2. The summed E-state index contributed by atoms with van der Waals surface area (Å²) in [6, 6.07) is 0.134. The van der Waals surface area contributed by atoms with E-state index in [2.05, 4.69) is 44.8 Å². The highest BCUT2D eigenvalue weighted by Crippen LogP contribution is 2.25. The average Bonchev–Trinajstić information content (AvgIpc) is 2.29. The lowest BCUT2D eigenvalue weighted by Gasteiger charge is -2.41. The highest BCUT2D eigenvalue weighted by molar-refractivity contribution is 7.91. The zero-order valence-corrected chi connectivity index (χ0v) is 14.8. The summed E-state index contributed by atoms with van der Waals surface area (Å²) in [6.45, 7) is 15.7. The fraction of sp³-hybridized carbons (Fsp3) is 1.00. The van der Waals surface area contributed by atoms with E-state index >= 15 is 0 Å². The molecule has 1 saturated heterocycles. The number of sulfone groups is 1. The molecule has 4 nitrogen and oxygen atoms in total. The van der Waals surface area contributed by atoms with Crippen LogP contribution in [0.3, 0.4) is 0 Å². The Labute approximate surface area is 125 Å². The molecule has 0 aromatic rings. The predicted molar refractivity (Wildman–Crippen MR) is 85.8 cm³/mol. The van der Waals surface area contributed by atoms with Crippen LogP contribution in [0, 0.1) is 5.41 Å². The monoisotopic (exact) mass is 304 g/mol. The van der Waals surface area contributed by atoms with Gasteiger partial charge < -0.3 is 5.32 Å². The largest absolute Gasteiger partial charge is 0.311 e. The standard InChI is InChI=1S/C15H32N2O2S/c1-7-15(6,11-16-14(3,4)5)12-17-8-9-20(18,19)10-13(17)2/h13,16H,7-12H2,1-6H3. The molecular weight excluding hydrogens is 272 g/mol. The van der Waals surface area contributed by atoms with Crippen molar-refractivity contribution in [1.29, 1.82) is 0 Å². The molecule has 0 saturated carbocycles. The van der Waals surface area contributed by atoms with Crippen molar-refractivity contribution < 1.29 is 8.42 Å². The number of hydrogen-bond donors (Lipinski definition) is 1. The van der Waals surface area contributed by atoms with Crippen molar-refractivity contribution in [2.24, 2.45) is 5.41 Å². The molecule has 0 spiro atoms. The lowest BCUT2D eigenvalue weighted by Crippen LogP contribution is -2.53. The molecule has 120 valence electrons. The highest BCUT2D eigenvalue weighted by atomic mass is 32.2. The first-order valence-corrected chi connectivity index (χ1v) is 9.48. The lowest BCUT2D eigenvalue weighted by atomic mass is 9.85. The molecular formula is C15H32N2O2S. The number of hydrogen-bond acceptors (Lipinski definition) is 4. The van der Waals surface area contributed by atoms with Crippen molar-refractivity contribution in [2.45, 2.75) is 59.5 Å². The Morgan fingerprint density at radius 3 is 2.30 bits per heavy atom. The van der Waals surface area contributed by atoms with E-state index in [1.54, 1.807) is 0 Å².